The number of rotatable bonds is 5. The zero-order valence-corrected chi connectivity index (χ0v) is 19.2. The largest absolute Gasteiger partial charge is 0.438 e. The van der Waals surface area contributed by atoms with Gasteiger partial charge in [0, 0.05) is 61.0 Å². The number of hydrogen-bond donors (Lipinski definition) is 2. The summed E-state index contributed by atoms with van der Waals surface area (Å²) in [5.74, 6) is 9.37. The van der Waals surface area contributed by atoms with Gasteiger partial charge in [-0.1, -0.05) is 18.8 Å². The van der Waals surface area contributed by atoms with E-state index in [1.807, 2.05) is 50.6 Å². The van der Waals surface area contributed by atoms with Gasteiger partial charge in [0.05, 0.1) is 5.56 Å². The lowest BCUT2D eigenvalue weighted by atomic mass is 10.1. The van der Waals surface area contributed by atoms with Crippen LogP contribution in [-0.4, -0.2) is 32.7 Å². The Balaban J connectivity index is 1.40. The summed E-state index contributed by atoms with van der Waals surface area (Å²) in [4.78, 5) is 21.2. The second kappa shape index (κ2) is 8.87. The van der Waals surface area contributed by atoms with Gasteiger partial charge in [0.15, 0.2) is 0 Å². The van der Waals surface area contributed by atoms with Crippen LogP contribution in [0.2, 0.25) is 0 Å². The molecule has 0 unspecified atom stereocenters. The Labute approximate surface area is 197 Å². The number of hydrogen-bond acceptors (Lipinski definition) is 6. The van der Waals surface area contributed by atoms with Crippen molar-refractivity contribution in [3.05, 3.63) is 66.1 Å². The lowest BCUT2D eigenvalue weighted by molar-refractivity contribution is -0.117. The van der Waals surface area contributed by atoms with Gasteiger partial charge in [-0.25, -0.2) is 9.97 Å². The number of pyridine rings is 2. The number of carbonyl (C=O) groups excluding carboxylic acids is 1. The maximum Gasteiger partial charge on any atom is 0.238 e. The number of amides is 1. The number of aromatic nitrogens is 4. The summed E-state index contributed by atoms with van der Waals surface area (Å²) in [6.07, 6.45) is 6.20. The molecule has 34 heavy (non-hydrogen) atoms. The molecule has 1 amide bonds. The number of nitrogens with one attached hydrogen (secondary N) is 2. The van der Waals surface area contributed by atoms with Crippen molar-refractivity contribution in [3.8, 4) is 23.5 Å². The zero-order valence-electron chi connectivity index (χ0n) is 19.2. The third-order valence-electron chi connectivity index (χ3n) is 5.81. The van der Waals surface area contributed by atoms with Crippen molar-refractivity contribution in [3.63, 3.8) is 0 Å². The van der Waals surface area contributed by atoms with Gasteiger partial charge in [-0.3, -0.25) is 9.48 Å². The van der Waals surface area contributed by atoms with Crippen LogP contribution < -0.4 is 15.4 Å². The fraction of sp³-hybridized carbons (Fsp3) is 0.231. The second-order valence-corrected chi connectivity index (χ2v) is 8.40. The highest BCUT2D eigenvalue weighted by molar-refractivity contribution is 5.99. The molecule has 1 aliphatic carbocycles. The third-order valence-corrected chi connectivity index (χ3v) is 5.81. The quantitative estimate of drug-likeness (QED) is 0.441. The Kier molecular flexibility index (Phi) is 5.60. The molecule has 5 rings (SSSR count). The molecule has 1 saturated carbocycles. The van der Waals surface area contributed by atoms with E-state index >= 15 is 0 Å². The third kappa shape index (κ3) is 4.55. The maximum absolute atomic E-state index is 12.4. The topological polar surface area (TPSA) is 94.0 Å². The van der Waals surface area contributed by atoms with E-state index in [2.05, 4.69) is 44.5 Å². The van der Waals surface area contributed by atoms with Crippen molar-refractivity contribution in [2.75, 3.05) is 17.7 Å². The summed E-state index contributed by atoms with van der Waals surface area (Å²) < 4.78 is 7.42. The van der Waals surface area contributed by atoms with Crippen molar-refractivity contribution in [1.82, 2.24) is 19.7 Å². The highest BCUT2D eigenvalue weighted by Crippen LogP contribution is 2.38. The molecule has 170 valence electrons. The fourth-order valence-electron chi connectivity index (χ4n) is 3.72. The van der Waals surface area contributed by atoms with Gasteiger partial charge < -0.3 is 15.4 Å². The van der Waals surface area contributed by atoms with Crippen molar-refractivity contribution in [1.29, 1.82) is 0 Å². The second-order valence-electron chi connectivity index (χ2n) is 8.40. The van der Waals surface area contributed by atoms with Gasteiger partial charge >= 0.3 is 0 Å². The van der Waals surface area contributed by atoms with Crippen molar-refractivity contribution in [2.45, 2.75) is 13.3 Å². The van der Waals surface area contributed by atoms with Crippen LogP contribution in [0.3, 0.4) is 0 Å². The van der Waals surface area contributed by atoms with Crippen LogP contribution in [0.5, 0.6) is 11.6 Å². The molecule has 1 fully saturated rings. The normalized spacial score (nSPS) is 16.4. The molecule has 1 aromatic carbocycles. The molecule has 2 atom stereocenters. The summed E-state index contributed by atoms with van der Waals surface area (Å²) in [6.45, 7) is 2.08. The van der Waals surface area contributed by atoms with Crippen LogP contribution in [0, 0.1) is 23.7 Å². The highest BCUT2D eigenvalue weighted by Gasteiger charge is 2.39. The van der Waals surface area contributed by atoms with Crippen molar-refractivity contribution in [2.24, 2.45) is 18.9 Å². The molecule has 1 aliphatic rings. The number of ether oxygens (including phenoxy) is 1. The first-order valence-corrected chi connectivity index (χ1v) is 11.1. The fourth-order valence-corrected chi connectivity index (χ4v) is 3.72. The summed E-state index contributed by atoms with van der Waals surface area (Å²) in [5.41, 5.74) is 1.59. The molecule has 8 nitrogen and oxygen atoms in total. The molecule has 0 saturated heterocycles. The standard InChI is InChI=1S/C26H24N6O2/c1-16-12-20(16)26(33)30-23-13-21-18(14-29-25(27-2)22(21)15-28-23)7-4-17-5-8-19(9-6-17)34-24-10-11-32(3)31-24/h5-6,8-11,13-16,20H,12H2,1-3H3,(H,27,29)(H,28,30,33)/t16-,20+/m1/s1. The zero-order chi connectivity index (χ0) is 23.7. The van der Waals surface area contributed by atoms with Crippen LogP contribution in [0.25, 0.3) is 10.8 Å². The predicted molar refractivity (Wildman–Crippen MR) is 131 cm³/mol. The van der Waals surface area contributed by atoms with Gasteiger partial charge in [0.2, 0.25) is 11.8 Å². The van der Waals surface area contributed by atoms with E-state index in [1.54, 1.807) is 23.1 Å². The Hall–Kier alpha value is -4.38. The number of benzene rings is 1. The minimum atomic E-state index is 0.0166. The summed E-state index contributed by atoms with van der Waals surface area (Å²) in [7, 11) is 3.65. The number of fused-ring (bicyclic) bond motifs is 1. The van der Waals surface area contributed by atoms with Crippen LogP contribution in [-0.2, 0) is 11.8 Å². The van der Waals surface area contributed by atoms with E-state index in [0.717, 1.165) is 28.3 Å². The van der Waals surface area contributed by atoms with Crippen LogP contribution >= 0.6 is 0 Å². The van der Waals surface area contributed by atoms with E-state index < -0.39 is 0 Å². The monoisotopic (exact) mass is 452 g/mol. The average molecular weight is 453 g/mol. The summed E-state index contributed by atoms with van der Waals surface area (Å²) in [5, 5.41) is 11.9. The molecule has 8 heteroatoms. The van der Waals surface area contributed by atoms with E-state index in [1.165, 1.54) is 0 Å². The molecular formula is C26H24N6O2. The Morgan fingerprint density at radius 1 is 1.12 bits per heavy atom. The SMILES string of the molecule is CNc1ncc(C#Cc2ccc(Oc3ccn(C)n3)cc2)c2cc(NC(=O)[C@H]3C[C@H]3C)ncc12. The summed E-state index contributed by atoms with van der Waals surface area (Å²) >= 11 is 0. The minimum absolute atomic E-state index is 0.0166. The molecule has 0 bridgehead atoms. The lowest BCUT2D eigenvalue weighted by Crippen LogP contribution is -2.15. The Bertz CT molecular complexity index is 1430. The minimum Gasteiger partial charge on any atom is -0.438 e. The van der Waals surface area contributed by atoms with Crippen molar-refractivity contribution >= 4 is 28.3 Å². The molecule has 3 heterocycles. The molecular weight excluding hydrogens is 428 g/mol. The predicted octanol–water partition coefficient (Wildman–Crippen LogP) is 4.19. The van der Waals surface area contributed by atoms with Gasteiger partial charge in [0.25, 0.3) is 0 Å². The number of carbonyl (C=O) groups is 1. The van der Waals surface area contributed by atoms with Gasteiger partial charge in [-0.05, 0) is 42.7 Å². The number of nitrogens with zero attached hydrogens (tertiary/aromatic N) is 4. The molecule has 4 aromatic rings. The Morgan fingerprint density at radius 2 is 1.91 bits per heavy atom. The molecule has 2 N–H and O–H groups in total. The van der Waals surface area contributed by atoms with E-state index in [9.17, 15) is 4.79 Å². The Morgan fingerprint density at radius 3 is 2.59 bits per heavy atom. The molecule has 0 radical (unpaired) electrons. The van der Waals surface area contributed by atoms with Crippen LogP contribution in [0.4, 0.5) is 11.6 Å². The van der Waals surface area contributed by atoms with Gasteiger partial charge in [-0.15, -0.1) is 5.10 Å². The lowest BCUT2D eigenvalue weighted by Gasteiger charge is -2.09. The summed E-state index contributed by atoms with van der Waals surface area (Å²) in [6, 6.07) is 11.2. The molecule has 0 spiro atoms. The van der Waals surface area contributed by atoms with Crippen LogP contribution in [0.15, 0.2) is 55.0 Å². The van der Waals surface area contributed by atoms with E-state index in [4.69, 9.17) is 4.74 Å². The average Bonchev–Trinajstić information content (AvgIpc) is 3.45. The number of aryl methyl sites for hydroxylation is 1. The smallest absolute Gasteiger partial charge is 0.238 e. The first kappa shape index (κ1) is 21.5. The van der Waals surface area contributed by atoms with E-state index in [0.29, 0.717) is 29.2 Å². The van der Waals surface area contributed by atoms with E-state index in [-0.39, 0.29) is 11.8 Å². The highest BCUT2D eigenvalue weighted by atomic mass is 16.5. The maximum atomic E-state index is 12.4. The molecule has 0 aliphatic heterocycles. The molecule has 3 aromatic heterocycles. The van der Waals surface area contributed by atoms with Crippen LogP contribution in [0.1, 0.15) is 24.5 Å². The first-order valence-electron chi connectivity index (χ1n) is 11.1. The van der Waals surface area contributed by atoms with Gasteiger partial charge in [-0.2, -0.15) is 0 Å². The number of anilines is 2. The first-order chi connectivity index (χ1) is 16.5. The van der Waals surface area contributed by atoms with Gasteiger partial charge in [0.1, 0.15) is 17.4 Å². The van der Waals surface area contributed by atoms with Crippen molar-refractivity contribution < 1.29 is 9.53 Å².